The summed E-state index contributed by atoms with van der Waals surface area (Å²) in [4.78, 5) is 11.5. The highest BCUT2D eigenvalue weighted by Crippen LogP contribution is 2.28. The average Bonchev–Trinajstić information content (AvgIpc) is 2.32. The second kappa shape index (κ2) is 7.49. The number of carbonyl (C=O) groups excluding carboxylic acids is 1. The first-order chi connectivity index (χ1) is 8.54. The molecular weight excluding hydrogens is 271 g/mol. The van der Waals surface area contributed by atoms with E-state index in [1.54, 1.807) is 12.1 Å². The van der Waals surface area contributed by atoms with Gasteiger partial charge in [-0.05, 0) is 31.0 Å². The first kappa shape index (κ1) is 15.1. The molecule has 1 amide bonds. The van der Waals surface area contributed by atoms with Crippen LogP contribution in [0.4, 0.5) is 5.69 Å². The van der Waals surface area contributed by atoms with Crippen LogP contribution in [-0.4, -0.2) is 19.0 Å². The molecule has 0 saturated carbocycles. The van der Waals surface area contributed by atoms with Gasteiger partial charge in [-0.25, -0.2) is 0 Å². The Morgan fingerprint density at radius 3 is 2.67 bits per heavy atom. The number of hydrogen-bond donors (Lipinski definition) is 2. The molecule has 0 unspecified atom stereocenters. The van der Waals surface area contributed by atoms with Gasteiger partial charge in [-0.15, -0.1) is 0 Å². The van der Waals surface area contributed by atoms with Gasteiger partial charge in [0.15, 0.2) is 0 Å². The minimum Gasteiger partial charge on any atom is -0.375 e. The van der Waals surface area contributed by atoms with Crippen molar-refractivity contribution in [2.75, 3.05) is 18.4 Å². The molecule has 1 rings (SSSR count). The third-order valence-electron chi connectivity index (χ3n) is 2.54. The molecule has 0 fully saturated rings. The molecule has 0 aliphatic carbocycles. The smallest absolute Gasteiger partial charge is 0.239 e. The van der Waals surface area contributed by atoms with E-state index in [1.807, 2.05) is 6.92 Å². The first-order valence-corrected chi connectivity index (χ1v) is 6.76. The predicted octanol–water partition coefficient (Wildman–Crippen LogP) is 3.63. The van der Waals surface area contributed by atoms with Crippen LogP contribution in [-0.2, 0) is 4.79 Å². The van der Waals surface area contributed by atoms with E-state index < -0.39 is 0 Å². The molecule has 0 aliphatic heterocycles. The van der Waals surface area contributed by atoms with E-state index >= 15 is 0 Å². The topological polar surface area (TPSA) is 41.1 Å². The van der Waals surface area contributed by atoms with E-state index in [0.29, 0.717) is 22.3 Å². The van der Waals surface area contributed by atoms with Crippen molar-refractivity contribution in [2.24, 2.45) is 0 Å². The van der Waals surface area contributed by atoms with Crippen molar-refractivity contribution < 1.29 is 4.79 Å². The number of carbonyl (C=O) groups is 1. The highest BCUT2D eigenvalue weighted by molar-refractivity contribution is 6.35. The van der Waals surface area contributed by atoms with Crippen molar-refractivity contribution in [1.82, 2.24) is 5.32 Å². The largest absolute Gasteiger partial charge is 0.375 e. The summed E-state index contributed by atoms with van der Waals surface area (Å²) >= 11 is 12.1. The lowest BCUT2D eigenvalue weighted by Crippen LogP contribution is -2.30. The summed E-state index contributed by atoms with van der Waals surface area (Å²) < 4.78 is 0. The lowest BCUT2D eigenvalue weighted by molar-refractivity contribution is -0.119. The second-order valence-corrected chi connectivity index (χ2v) is 4.95. The third kappa shape index (κ3) is 4.75. The van der Waals surface area contributed by atoms with Gasteiger partial charge in [-0.1, -0.05) is 36.5 Å². The number of nitrogens with one attached hydrogen (secondary N) is 2. The molecule has 100 valence electrons. The van der Waals surface area contributed by atoms with Gasteiger partial charge in [0.05, 0.1) is 17.3 Å². The van der Waals surface area contributed by atoms with E-state index in [4.69, 9.17) is 23.2 Å². The van der Waals surface area contributed by atoms with Gasteiger partial charge in [0.2, 0.25) is 5.91 Å². The predicted molar refractivity (Wildman–Crippen MR) is 77.6 cm³/mol. The molecule has 0 spiro atoms. The van der Waals surface area contributed by atoms with Crippen LogP contribution in [0.15, 0.2) is 12.1 Å². The van der Waals surface area contributed by atoms with Crippen LogP contribution in [0.25, 0.3) is 0 Å². The van der Waals surface area contributed by atoms with Gasteiger partial charge in [0.1, 0.15) is 0 Å². The van der Waals surface area contributed by atoms with Gasteiger partial charge in [0, 0.05) is 11.6 Å². The van der Waals surface area contributed by atoms with E-state index in [1.165, 1.54) is 0 Å². The van der Waals surface area contributed by atoms with Gasteiger partial charge >= 0.3 is 0 Å². The molecule has 0 radical (unpaired) electrons. The Bertz CT molecular complexity index is 422. The minimum absolute atomic E-state index is 0.0452. The zero-order chi connectivity index (χ0) is 13.5. The van der Waals surface area contributed by atoms with E-state index in [-0.39, 0.29) is 12.5 Å². The number of halogens is 2. The standard InChI is InChI=1S/C13H18Cl2N2O/c1-3-4-5-16-13(18)8-17-12-7-10(14)9(2)6-11(12)15/h6-7,17H,3-5,8H2,1-2H3,(H,16,18). The third-order valence-corrected chi connectivity index (χ3v) is 3.26. The van der Waals surface area contributed by atoms with Crippen LogP contribution in [0.1, 0.15) is 25.3 Å². The molecular formula is C13H18Cl2N2O. The lowest BCUT2D eigenvalue weighted by atomic mass is 10.2. The second-order valence-electron chi connectivity index (χ2n) is 4.14. The fourth-order valence-corrected chi connectivity index (χ4v) is 1.87. The molecule has 1 aromatic carbocycles. The van der Waals surface area contributed by atoms with Gasteiger partial charge < -0.3 is 10.6 Å². The summed E-state index contributed by atoms with van der Waals surface area (Å²) in [5, 5.41) is 7.00. The normalized spacial score (nSPS) is 10.2. The molecule has 0 heterocycles. The quantitative estimate of drug-likeness (QED) is 0.785. The van der Waals surface area contributed by atoms with Crippen molar-refractivity contribution in [3.05, 3.63) is 27.7 Å². The van der Waals surface area contributed by atoms with Crippen LogP contribution in [0.2, 0.25) is 10.0 Å². The fraction of sp³-hybridized carbons (Fsp3) is 0.462. The van der Waals surface area contributed by atoms with E-state index in [9.17, 15) is 4.79 Å². The molecule has 1 aromatic rings. The van der Waals surface area contributed by atoms with Crippen LogP contribution in [0.3, 0.4) is 0 Å². The van der Waals surface area contributed by atoms with Crippen molar-refractivity contribution >= 4 is 34.8 Å². The summed E-state index contributed by atoms with van der Waals surface area (Å²) in [7, 11) is 0. The number of anilines is 1. The zero-order valence-electron chi connectivity index (χ0n) is 10.6. The highest BCUT2D eigenvalue weighted by atomic mass is 35.5. The van der Waals surface area contributed by atoms with Crippen LogP contribution < -0.4 is 10.6 Å². The molecule has 0 saturated heterocycles. The molecule has 2 N–H and O–H groups in total. The first-order valence-electron chi connectivity index (χ1n) is 6.00. The number of aryl methyl sites for hydroxylation is 1. The average molecular weight is 289 g/mol. The lowest BCUT2D eigenvalue weighted by Gasteiger charge is -2.10. The van der Waals surface area contributed by atoms with E-state index in [2.05, 4.69) is 17.6 Å². The summed E-state index contributed by atoms with van der Waals surface area (Å²) in [6.07, 6.45) is 2.05. The van der Waals surface area contributed by atoms with Crippen molar-refractivity contribution in [1.29, 1.82) is 0 Å². The van der Waals surface area contributed by atoms with Crippen LogP contribution in [0, 0.1) is 6.92 Å². The Kier molecular flexibility index (Phi) is 6.30. The maximum Gasteiger partial charge on any atom is 0.239 e. The number of rotatable bonds is 6. The van der Waals surface area contributed by atoms with Crippen LogP contribution >= 0.6 is 23.2 Å². The number of benzene rings is 1. The SMILES string of the molecule is CCCCNC(=O)CNc1cc(Cl)c(C)cc1Cl. The van der Waals surface area contributed by atoms with E-state index in [0.717, 1.165) is 18.4 Å². The van der Waals surface area contributed by atoms with Crippen molar-refractivity contribution in [3.8, 4) is 0 Å². The van der Waals surface area contributed by atoms with Crippen LogP contribution in [0.5, 0.6) is 0 Å². The maximum absolute atomic E-state index is 11.5. The van der Waals surface area contributed by atoms with Gasteiger partial charge in [0.25, 0.3) is 0 Å². The molecule has 0 atom stereocenters. The molecule has 0 bridgehead atoms. The summed E-state index contributed by atoms with van der Waals surface area (Å²) in [5.74, 6) is -0.0452. The minimum atomic E-state index is -0.0452. The fourth-order valence-electron chi connectivity index (χ4n) is 1.42. The monoisotopic (exact) mass is 288 g/mol. The number of hydrogen-bond acceptors (Lipinski definition) is 2. The highest BCUT2D eigenvalue weighted by Gasteiger charge is 2.06. The van der Waals surface area contributed by atoms with Crippen molar-refractivity contribution in [3.63, 3.8) is 0 Å². The Hall–Kier alpha value is -0.930. The Morgan fingerprint density at radius 2 is 2.00 bits per heavy atom. The number of amides is 1. The summed E-state index contributed by atoms with van der Waals surface area (Å²) in [6, 6.07) is 3.51. The summed E-state index contributed by atoms with van der Waals surface area (Å²) in [6.45, 7) is 4.87. The Balaban J connectivity index is 2.48. The zero-order valence-corrected chi connectivity index (χ0v) is 12.2. The molecule has 3 nitrogen and oxygen atoms in total. The molecule has 0 aromatic heterocycles. The number of unbranched alkanes of at least 4 members (excludes halogenated alkanes) is 1. The van der Waals surface area contributed by atoms with Gasteiger partial charge in [-0.2, -0.15) is 0 Å². The van der Waals surface area contributed by atoms with Crippen molar-refractivity contribution in [2.45, 2.75) is 26.7 Å². The molecule has 0 aliphatic rings. The summed E-state index contributed by atoms with van der Waals surface area (Å²) in [5.41, 5.74) is 1.59. The Morgan fingerprint density at radius 1 is 1.28 bits per heavy atom. The van der Waals surface area contributed by atoms with Gasteiger partial charge in [-0.3, -0.25) is 4.79 Å². The molecule has 18 heavy (non-hydrogen) atoms. The molecule has 5 heteroatoms. The maximum atomic E-state index is 11.5. The Labute approximate surface area is 118 Å².